The normalized spacial score (nSPS) is 15.4. The first-order valence-electron chi connectivity index (χ1n) is 8.93. The Hall–Kier alpha value is -2.32. The van der Waals surface area contributed by atoms with Gasteiger partial charge >= 0.3 is 6.18 Å². The summed E-state index contributed by atoms with van der Waals surface area (Å²) in [6.07, 6.45) is -2.84. The molecule has 1 N–H and O–H groups in total. The first-order chi connectivity index (χ1) is 13.2. The van der Waals surface area contributed by atoms with Crippen LogP contribution < -0.4 is 5.32 Å². The highest BCUT2D eigenvalue weighted by molar-refractivity contribution is 7.91. The van der Waals surface area contributed by atoms with Gasteiger partial charge in [0.05, 0.1) is 15.4 Å². The molecule has 0 atom stereocenters. The van der Waals surface area contributed by atoms with Crippen molar-refractivity contribution in [2.24, 2.45) is 7.05 Å². The number of aromatic nitrogens is 1. The number of nitrogens with one attached hydrogen (secondary N) is 1. The quantitative estimate of drug-likeness (QED) is 0.703. The van der Waals surface area contributed by atoms with Crippen molar-refractivity contribution in [3.8, 4) is 0 Å². The van der Waals surface area contributed by atoms with Crippen molar-refractivity contribution in [3.05, 3.63) is 59.3 Å². The second-order valence-corrected chi connectivity index (χ2v) is 8.89. The summed E-state index contributed by atoms with van der Waals surface area (Å²) in [6, 6.07) is 8.56. The lowest BCUT2D eigenvalue weighted by Gasteiger charge is -2.09. The number of sulfone groups is 1. The highest BCUT2D eigenvalue weighted by Crippen LogP contribution is 2.33. The van der Waals surface area contributed by atoms with Crippen LogP contribution in [0.5, 0.6) is 0 Å². The molecule has 1 aromatic heterocycles. The fourth-order valence-electron chi connectivity index (χ4n) is 3.82. The molecule has 3 aromatic rings. The third kappa shape index (κ3) is 3.10. The third-order valence-corrected chi connectivity index (χ3v) is 7.07. The van der Waals surface area contributed by atoms with Crippen molar-refractivity contribution >= 4 is 20.7 Å². The lowest BCUT2D eigenvalue weighted by atomic mass is 10.1. The Balaban J connectivity index is 1.81. The molecule has 0 saturated carbocycles. The molecular weight excluding hydrogens is 389 g/mol. The van der Waals surface area contributed by atoms with Crippen molar-refractivity contribution in [3.63, 3.8) is 0 Å². The van der Waals surface area contributed by atoms with Crippen LogP contribution in [0.2, 0.25) is 0 Å². The van der Waals surface area contributed by atoms with E-state index in [1.165, 1.54) is 11.8 Å². The van der Waals surface area contributed by atoms with Gasteiger partial charge in [0.1, 0.15) is 0 Å². The summed E-state index contributed by atoms with van der Waals surface area (Å²) < 4.78 is 66.3. The molecule has 4 nitrogen and oxygen atoms in total. The molecular formula is C20H19F3N2O2S. The fourth-order valence-corrected chi connectivity index (χ4v) is 5.11. The first kappa shape index (κ1) is 19.0. The molecule has 0 unspecified atom stereocenters. The zero-order valence-electron chi connectivity index (χ0n) is 15.2. The monoisotopic (exact) mass is 408 g/mol. The average molecular weight is 408 g/mol. The number of halogens is 3. The Morgan fingerprint density at radius 1 is 0.964 bits per heavy atom. The maximum atomic E-state index is 13.0. The Labute approximate surface area is 160 Å². The minimum absolute atomic E-state index is 0.0883. The molecule has 1 aliphatic rings. The highest BCUT2D eigenvalue weighted by atomic mass is 32.2. The van der Waals surface area contributed by atoms with E-state index in [1.807, 2.05) is 7.05 Å². The number of hydrogen-bond acceptors (Lipinski definition) is 3. The van der Waals surface area contributed by atoms with Gasteiger partial charge in [-0.1, -0.05) is 0 Å². The van der Waals surface area contributed by atoms with Crippen LogP contribution in [-0.2, 0) is 35.9 Å². The van der Waals surface area contributed by atoms with Crippen LogP contribution in [-0.4, -0.2) is 26.1 Å². The van der Waals surface area contributed by atoms with E-state index in [2.05, 4.69) is 9.88 Å². The minimum Gasteiger partial charge on any atom is -0.347 e. The lowest BCUT2D eigenvalue weighted by Crippen LogP contribution is -2.17. The van der Waals surface area contributed by atoms with Gasteiger partial charge < -0.3 is 9.88 Å². The first-order valence-corrected chi connectivity index (χ1v) is 10.4. The predicted octanol–water partition coefficient (Wildman–Crippen LogP) is 3.72. The number of benzene rings is 2. The summed E-state index contributed by atoms with van der Waals surface area (Å²) in [5.74, 6) is 0. The van der Waals surface area contributed by atoms with Gasteiger partial charge in [0.25, 0.3) is 0 Å². The summed E-state index contributed by atoms with van der Waals surface area (Å²) in [6.45, 7) is 1.69. The second kappa shape index (κ2) is 6.63. The van der Waals surface area contributed by atoms with E-state index in [-0.39, 0.29) is 9.79 Å². The van der Waals surface area contributed by atoms with E-state index in [0.29, 0.717) is 0 Å². The molecule has 0 saturated heterocycles. The van der Waals surface area contributed by atoms with Gasteiger partial charge in [-0.25, -0.2) is 8.42 Å². The van der Waals surface area contributed by atoms with Crippen molar-refractivity contribution in [1.82, 2.24) is 9.88 Å². The summed E-state index contributed by atoms with van der Waals surface area (Å²) in [7, 11) is -1.94. The molecule has 28 heavy (non-hydrogen) atoms. The third-order valence-electron chi connectivity index (χ3n) is 5.30. The van der Waals surface area contributed by atoms with Crippen molar-refractivity contribution < 1.29 is 21.6 Å². The zero-order chi connectivity index (χ0) is 20.1. The Morgan fingerprint density at radius 2 is 1.61 bits per heavy atom. The predicted molar refractivity (Wildman–Crippen MR) is 100 cm³/mol. The second-order valence-electron chi connectivity index (χ2n) is 6.94. The number of fused-ring (bicyclic) bond motifs is 3. The molecule has 0 amide bonds. The molecule has 8 heteroatoms. The largest absolute Gasteiger partial charge is 0.416 e. The molecule has 0 bridgehead atoms. The van der Waals surface area contributed by atoms with Gasteiger partial charge in [-0.3, -0.25) is 0 Å². The van der Waals surface area contributed by atoms with Crippen LogP contribution in [0.15, 0.2) is 52.3 Å². The number of rotatable bonds is 2. The molecule has 2 aromatic carbocycles. The summed E-state index contributed by atoms with van der Waals surface area (Å²) in [5, 5.41) is 4.22. The number of alkyl halides is 3. The van der Waals surface area contributed by atoms with E-state index in [1.54, 1.807) is 12.1 Å². The van der Waals surface area contributed by atoms with Crippen LogP contribution in [0.3, 0.4) is 0 Å². The van der Waals surface area contributed by atoms with E-state index in [9.17, 15) is 21.6 Å². The van der Waals surface area contributed by atoms with Gasteiger partial charge in [0.15, 0.2) is 0 Å². The van der Waals surface area contributed by atoms with Gasteiger partial charge in [0.2, 0.25) is 9.84 Å². The molecule has 4 rings (SSSR count). The van der Waals surface area contributed by atoms with Gasteiger partial charge in [-0.05, 0) is 61.0 Å². The van der Waals surface area contributed by atoms with E-state index >= 15 is 0 Å². The SMILES string of the molecule is Cn1c2c(c3cc(S(=O)(=O)c4ccc(C(F)(F)F)cc4)ccc31)CCNCC2. The van der Waals surface area contributed by atoms with Gasteiger partial charge in [0, 0.05) is 36.6 Å². The van der Waals surface area contributed by atoms with Gasteiger partial charge in [-0.15, -0.1) is 0 Å². The van der Waals surface area contributed by atoms with Crippen molar-refractivity contribution in [1.29, 1.82) is 0 Å². The number of hydrogen-bond donors (Lipinski definition) is 1. The molecule has 0 fully saturated rings. The van der Waals surface area contributed by atoms with Crippen LogP contribution in [0.4, 0.5) is 13.2 Å². The Bertz CT molecular complexity index is 1150. The number of nitrogens with zero attached hydrogens (tertiary/aromatic N) is 1. The fraction of sp³-hybridized carbons (Fsp3) is 0.300. The summed E-state index contributed by atoms with van der Waals surface area (Å²) in [5.41, 5.74) is 2.40. The zero-order valence-corrected chi connectivity index (χ0v) is 16.0. The lowest BCUT2D eigenvalue weighted by molar-refractivity contribution is -0.137. The van der Waals surface area contributed by atoms with Crippen molar-refractivity contribution in [2.45, 2.75) is 28.8 Å². The maximum absolute atomic E-state index is 13.0. The molecule has 2 heterocycles. The molecule has 0 radical (unpaired) electrons. The number of aryl methyl sites for hydroxylation is 1. The standard InChI is InChI=1S/C20H19F3N2O2S/c1-25-18-7-6-15(12-17(18)16-8-10-24-11-9-19(16)25)28(26,27)14-4-2-13(3-5-14)20(21,22)23/h2-7,12,24H,8-11H2,1H3. The van der Waals surface area contributed by atoms with E-state index in [0.717, 1.165) is 66.7 Å². The van der Waals surface area contributed by atoms with Crippen LogP contribution in [0.25, 0.3) is 10.9 Å². The highest BCUT2D eigenvalue weighted by Gasteiger charge is 2.31. The van der Waals surface area contributed by atoms with Crippen LogP contribution in [0.1, 0.15) is 16.8 Å². The van der Waals surface area contributed by atoms with Crippen LogP contribution >= 0.6 is 0 Å². The summed E-state index contributed by atoms with van der Waals surface area (Å²) >= 11 is 0. The van der Waals surface area contributed by atoms with Crippen molar-refractivity contribution in [2.75, 3.05) is 13.1 Å². The molecule has 1 aliphatic heterocycles. The topological polar surface area (TPSA) is 51.1 Å². The molecule has 148 valence electrons. The van der Waals surface area contributed by atoms with Gasteiger partial charge in [-0.2, -0.15) is 13.2 Å². The maximum Gasteiger partial charge on any atom is 0.416 e. The average Bonchev–Trinajstić information content (AvgIpc) is 2.82. The summed E-state index contributed by atoms with van der Waals surface area (Å²) in [4.78, 5) is -0.0612. The van der Waals surface area contributed by atoms with E-state index < -0.39 is 21.6 Å². The minimum atomic E-state index is -4.50. The van der Waals surface area contributed by atoms with E-state index in [4.69, 9.17) is 0 Å². The molecule has 0 spiro atoms. The molecule has 0 aliphatic carbocycles. The Morgan fingerprint density at radius 3 is 2.29 bits per heavy atom. The Kier molecular flexibility index (Phi) is 4.50. The van der Waals surface area contributed by atoms with Crippen LogP contribution in [0, 0.1) is 0 Å². The smallest absolute Gasteiger partial charge is 0.347 e.